The summed E-state index contributed by atoms with van der Waals surface area (Å²) in [5.41, 5.74) is 0.672. The fourth-order valence-electron chi connectivity index (χ4n) is 5.01. The Morgan fingerprint density at radius 1 is 1.21 bits per heavy atom. The number of halogens is 4. The lowest BCUT2D eigenvalue weighted by molar-refractivity contribution is -0.153. The molecule has 38 heavy (non-hydrogen) atoms. The quantitative estimate of drug-likeness (QED) is 0.456. The molecule has 1 saturated carbocycles. The number of carbonyl (C=O) groups excluding carboxylic acids is 1. The fourth-order valence-corrected chi connectivity index (χ4v) is 5.68. The Balaban J connectivity index is 1.45. The number of carbonyl (C=O) groups is 1. The Morgan fingerprint density at radius 3 is 2.55 bits per heavy atom. The maximum Gasteiger partial charge on any atom is 0.422 e. The number of nitriles is 1. The summed E-state index contributed by atoms with van der Waals surface area (Å²) in [6.07, 6.45) is -0.407. The van der Waals surface area contributed by atoms with E-state index in [0.717, 1.165) is 37.7 Å². The van der Waals surface area contributed by atoms with E-state index in [0.29, 0.717) is 6.04 Å². The number of hydrogen-bond acceptors (Lipinski definition) is 6. The first kappa shape index (κ1) is 27.9. The lowest BCUT2D eigenvalue weighted by Crippen LogP contribution is -2.50. The molecule has 1 heterocycles. The molecule has 0 aromatic heterocycles. The number of alkyl halides is 3. The van der Waals surface area contributed by atoms with Gasteiger partial charge in [-0.3, -0.25) is 4.79 Å². The van der Waals surface area contributed by atoms with Gasteiger partial charge < -0.3 is 15.4 Å². The number of benzene rings is 2. The average molecular weight is 554 g/mol. The van der Waals surface area contributed by atoms with Crippen molar-refractivity contribution >= 4 is 15.7 Å². The van der Waals surface area contributed by atoms with Gasteiger partial charge >= 0.3 is 6.18 Å². The molecule has 2 aromatic rings. The number of rotatable bonds is 9. The minimum Gasteiger partial charge on any atom is -0.484 e. The molecule has 0 radical (unpaired) electrons. The molecule has 7 nitrogen and oxygen atoms in total. The highest BCUT2D eigenvalue weighted by molar-refractivity contribution is 7.90. The number of ether oxygens (including phenoxy) is 1. The van der Waals surface area contributed by atoms with Crippen molar-refractivity contribution in [3.05, 3.63) is 47.8 Å². The van der Waals surface area contributed by atoms with E-state index in [1.807, 2.05) is 6.07 Å². The largest absolute Gasteiger partial charge is 0.484 e. The lowest BCUT2D eigenvalue weighted by atomic mass is 9.98. The predicted molar refractivity (Wildman–Crippen MR) is 130 cm³/mol. The van der Waals surface area contributed by atoms with E-state index in [-0.39, 0.29) is 58.0 Å². The van der Waals surface area contributed by atoms with Crippen molar-refractivity contribution in [3.63, 3.8) is 0 Å². The van der Waals surface area contributed by atoms with Crippen molar-refractivity contribution in [1.82, 2.24) is 10.6 Å². The predicted octanol–water partition coefficient (Wildman–Crippen LogP) is 3.92. The molecule has 0 spiro atoms. The first-order valence-corrected chi connectivity index (χ1v) is 14.0. The second kappa shape index (κ2) is 10.9. The molecule has 1 aliphatic carbocycles. The van der Waals surface area contributed by atoms with Gasteiger partial charge in [0.15, 0.2) is 16.4 Å². The van der Waals surface area contributed by atoms with Gasteiger partial charge in [-0.05, 0) is 79.0 Å². The zero-order valence-corrected chi connectivity index (χ0v) is 21.3. The topological polar surface area (TPSA) is 108 Å². The van der Waals surface area contributed by atoms with Gasteiger partial charge in [0.2, 0.25) is 5.91 Å². The summed E-state index contributed by atoms with van der Waals surface area (Å²) in [5.74, 6) is -0.913. The first-order chi connectivity index (χ1) is 17.8. The van der Waals surface area contributed by atoms with Crippen LogP contribution >= 0.6 is 0 Å². The van der Waals surface area contributed by atoms with Crippen molar-refractivity contribution in [3.8, 4) is 22.9 Å². The summed E-state index contributed by atoms with van der Waals surface area (Å²) in [4.78, 5) is 12.3. The van der Waals surface area contributed by atoms with Crippen LogP contribution in [0.25, 0.3) is 11.1 Å². The van der Waals surface area contributed by atoms with Crippen LogP contribution in [0.1, 0.15) is 31.2 Å². The first-order valence-electron chi connectivity index (χ1n) is 12.1. The summed E-state index contributed by atoms with van der Waals surface area (Å²) >= 11 is 0. The van der Waals surface area contributed by atoms with E-state index in [1.54, 1.807) is 0 Å². The molecule has 2 N–H and O–H groups in total. The van der Waals surface area contributed by atoms with Crippen LogP contribution in [-0.2, 0) is 21.1 Å². The molecule has 2 fully saturated rings. The number of hydrogen-bond donors (Lipinski definition) is 2. The van der Waals surface area contributed by atoms with E-state index in [1.165, 1.54) is 24.3 Å². The van der Waals surface area contributed by atoms with Crippen LogP contribution in [0.5, 0.6) is 5.75 Å². The van der Waals surface area contributed by atoms with Crippen LogP contribution in [0, 0.1) is 23.1 Å². The molecule has 2 aromatic carbocycles. The summed E-state index contributed by atoms with van der Waals surface area (Å²) in [6.45, 7) is -1.61. The summed E-state index contributed by atoms with van der Waals surface area (Å²) in [6, 6.07) is 8.80. The van der Waals surface area contributed by atoms with Crippen LogP contribution in [0.4, 0.5) is 17.6 Å². The third-order valence-electron chi connectivity index (χ3n) is 6.91. The van der Waals surface area contributed by atoms with Gasteiger partial charge in [-0.2, -0.15) is 18.4 Å². The molecule has 1 amide bonds. The smallest absolute Gasteiger partial charge is 0.422 e. The van der Waals surface area contributed by atoms with Crippen LogP contribution in [0.3, 0.4) is 0 Å². The van der Waals surface area contributed by atoms with Gasteiger partial charge in [-0.15, -0.1) is 0 Å². The Kier molecular flexibility index (Phi) is 7.99. The van der Waals surface area contributed by atoms with Gasteiger partial charge in [0.05, 0.1) is 17.0 Å². The number of fused-ring (bicyclic) bond motifs is 2. The van der Waals surface area contributed by atoms with Crippen molar-refractivity contribution < 1.29 is 35.5 Å². The molecule has 2 aliphatic rings. The van der Waals surface area contributed by atoms with Gasteiger partial charge in [-0.1, -0.05) is 12.1 Å². The number of amides is 1. The van der Waals surface area contributed by atoms with Crippen molar-refractivity contribution in [2.24, 2.45) is 5.92 Å². The number of nitrogens with zero attached hydrogens (tertiary/aromatic N) is 1. The minimum atomic E-state index is -4.62. The molecular formula is C26H27F4N3O4S. The maximum atomic E-state index is 15.0. The molecule has 1 aliphatic heterocycles. The molecule has 4 rings (SSSR count). The van der Waals surface area contributed by atoms with Gasteiger partial charge in [0.1, 0.15) is 17.6 Å². The third kappa shape index (κ3) is 6.82. The maximum absolute atomic E-state index is 15.0. The summed E-state index contributed by atoms with van der Waals surface area (Å²) < 4.78 is 81.6. The van der Waals surface area contributed by atoms with E-state index < -0.39 is 34.5 Å². The standard InChI is InChI=1S/C26H27F4N3O4S/c1-38(35,36)22-10-18(9-21(12-22)37-14-26(28,29)30)16-3-2-15(23(27)11-16)4-7-20(13-31)33-25(34)24-17-5-6-19(8-17)32-24/h2-3,9-12,17,19-20,24,32H,4-8,14H2,1H3,(H,33,34). The lowest BCUT2D eigenvalue weighted by Gasteiger charge is -2.23. The second-order valence-corrected chi connectivity index (χ2v) is 11.8. The SMILES string of the molecule is CS(=O)(=O)c1cc(OCC(F)(F)F)cc(-c2ccc(CCC(C#N)NC(=O)C3NC4CCC3C4)c(F)c2)c1. The van der Waals surface area contributed by atoms with Crippen molar-refractivity contribution in [2.45, 2.75) is 61.3 Å². The zero-order valence-electron chi connectivity index (χ0n) is 20.5. The van der Waals surface area contributed by atoms with Crippen LogP contribution < -0.4 is 15.4 Å². The number of sulfone groups is 1. The molecule has 1 saturated heterocycles. The highest BCUT2D eigenvalue weighted by Crippen LogP contribution is 2.35. The Morgan fingerprint density at radius 2 is 1.97 bits per heavy atom. The van der Waals surface area contributed by atoms with E-state index >= 15 is 0 Å². The highest BCUT2D eigenvalue weighted by atomic mass is 32.2. The number of nitrogens with one attached hydrogen (secondary N) is 2. The van der Waals surface area contributed by atoms with Crippen LogP contribution in [0.15, 0.2) is 41.3 Å². The third-order valence-corrected chi connectivity index (χ3v) is 8.01. The Labute approximate surface area is 218 Å². The summed E-state index contributed by atoms with van der Waals surface area (Å²) in [5, 5.41) is 15.5. The Hall–Kier alpha value is -3.17. The normalized spacial score (nSPS) is 21.6. The molecule has 204 valence electrons. The summed E-state index contributed by atoms with van der Waals surface area (Å²) in [7, 11) is -3.79. The molecule has 12 heteroatoms. The van der Waals surface area contributed by atoms with E-state index in [4.69, 9.17) is 4.74 Å². The monoisotopic (exact) mass is 553 g/mol. The van der Waals surface area contributed by atoms with Gasteiger partial charge in [0.25, 0.3) is 0 Å². The number of aryl methyl sites for hydroxylation is 1. The van der Waals surface area contributed by atoms with E-state index in [9.17, 15) is 36.0 Å². The van der Waals surface area contributed by atoms with Gasteiger partial charge in [-0.25, -0.2) is 12.8 Å². The average Bonchev–Trinajstić information content (AvgIpc) is 3.49. The van der Waals surface area contributed by atoms with E-state index in [2.05, 4.69) is 10.6 Å². The molecule has 4 unspecified atom stereocenters. The van der Waals surface area contributed by atoms with Crippen molar-refractivity contribution in [2.75, 3.05) is 12.9 Å². The van der Waals surface area contributed by atoms with Gasteiger partial charge in [0, 0.05) is 12.3 Å². The number of piperidine rings is 1. The van der Waals surface area contributed by atoms with Crippen LogP contribution in [-0.4, -0.2) is 51.5 Å². The van der Waals surface area contributed by atoms with Crippen molar-refractivity contribution in [1.29, 1.82) is 5.26 Å². The highest BCUT2D eigenvalue weighted by Gasteiger charge is 2.43. The Bertz CT molecular complexity index is 1360. The molecule has 4 atom stereocenters. The molecular weight excluding hydrogens is 526 g/mol. The fraction of sp³-hybridized carbons (Fsp3) is 0.462. The molecule has 2 bridgehead atoms. The second-order valence-electron chi connectivity index (χ2n) is 9.82. The zero-order chi connectivity index (χ0) is 27.7. The minimum absolute atomic E-state index is 0.151. The van der Waals surface area contributed by atoms with Crippen LogP contribution in [0.2, 0.25) is 0 Å².